The molecule has 1 unspecified atom stereocenters. The Kier molecular flexibility index (Phi) is 9.11. The van der Waals surface area contributed by atoms with Crippen LogP contribution in [0, 0.1) is 5.41 Å². The van der Waals surface area contributed by atoms with Crippen molar-refractivity contribution in [3.63, 3.8) is 0 Å². The standard InChI is InChI=1S/C37H36ClN3O4S/c1-23-17-29-32(45-22-28-14-11-26(19-39-28)25-7-5-4-6-8-25)16-15-30-34(29)35(46-23)31(18-37(2,3)36(44)40-20-33(42)43)41(30)21-24-9-12-27(38)13-10-24/h4-16,19,23H,17-18,20-22H2,1-3H3,(H,40,44)(H,42,43). The molecule has 2 N–H and O–H groups in total. The van der Waals surface area contributed by atoms with E-state index in [4.69, 9.17) is 21.4 Å². The molecule has 3 heterocycles. The number of hydrogen-bond donors (Lipinski definition) is 2. The van der Waals surface area contributed by atoms with Crippen LogP contribution in [0.4, 0.5) is 0 Å². The van der Waals surface area contributed by atoms with Gasteiger partial charge in [-0.05, 0) is 47.9 Å². The van der Waals surface area contributed by atoms with Crippen molar-refractivity contribution in [2.75, 3.05) is 6.54 Å². The van der Waals surface area contributed by atoms with Crippen molar-refractivity contribution < 1.29 is 19.4 Å². The van der Waals surface area contributed by atoms with Gasteiger partial charge in [0.2, 0.25) is 5.91 Å². The molecule has 0 fully saturated rings. The van der Waals surface area contributed by atoms with Crippen LogP contribution < -0.4 is 10.1 Å². The minimum Gasteiger partial charge on any atom is -0.487 e. The number of ether oxygens (including phenoxy) is 1. The number of carboxylic acid groups (broad SMARTS) is 1. The molecule has 1 aliphatic heterocycles. The smallest absolute Gasteiger partial charge is 0.322 e. The highest BCUT2D eigenvalue weighted by Gasteiger charge is 2.35. The number of benzene rings is 3. The summed E-state index contributed by atoms with van der Waals surface area (Å²) in [6.45, 7) is 6.48. The van der Waals surface area contributed by atoms with Gasteiger partial charge in [-0.3, -0.25) is 14.6 Å². The fourth-order valence-electron chi connectivity index (χ4n) is 5.99. The Hall–Kier alpha value is -4.27. The van der Waals surface area contributed by atoms with E-state index in [9.17, 15) is 9.59 Å². The summed E-state index contributed by atoms with van der Waals surface area (Å²) in [5.74, 6) is -0.530. The summed E-state index contributed by atoms with van der Waals surface area (Å²) < 4.78 is 8.76. The molecule has 2 aromatic heterocycles. The van der Waals surface area contributed by atoms with Gasteiger partial charge in [-0.15, -0.1) is 11.8 Å². The number of hydrogen-bond acceptors (Lipinski definition) is 5. The van der Waals surface area contributed by atoms with E-state index in [0.29, 0.717) is 24.6 Å². The van der Waals surface area contributed by atoms with Crippen LogP contribution in [0.3, 0.4) is 0 Å². The predicted octanol–water partition coefficient (Wildman–Crippen LogP) is 7.79. The molecular weight excluding hydrogens is 618 g/mol. The lowest BCUT2D eigenvalue weighted by Gasteiger charge is -2.26. The van der Waals surface area contributed by atoms with Gasteiger partial charge in [-0.1, -0.05) is 80.9 Å². The first-order valence-corrected chi connectivity index (χ1v) is 16.6. The van der Waals surface area contributed by atoms with Crippen LogP contribution in [0.1, 0.15) is 43.3 Å². The molecule has 0 saturated heterocycles. The number of carboxylic acids is 1. The van der Waals surface area contributed by atoms with Crippen molar-refractivity contribution in [1.29, 1.82) is 0 Å². The number of carbonyl (C=O) groups is 2. The molecule has 1 aliphatic rings. The van der Waals surface area contributed by atoms with Gasteiger partial charge in [-0.25, -0.2) is 0 Å². The van der Waals surface area contributed by atoms with Gasteiger partial charge >= 0.3 is 5.97 Å². The number of carbonyl (C=O) groups excluding carboxylic acids is 1. The van der Waals surface area contributed by atoms with Gasteiger partial charge < -0.3 is 19.7 Å². The number of amides is 1. The van der Waals surface area contributed by atoms with E-state index in [1.165, 1.54) is 0 Å². The summed E-state index contributed by atoms with van der Waals surface area (Å²) in [6.07, 6.45) is 3.16. The third-order valence-electron chi connectivity index (χ3n) is 8.35. The molecular formula is C37H36ClN3O4S. The Balaban J connectivity index is 1.36. The monoisotopic (exact) mass is 653 g/mol. The first kappa shape index (κ1) is 31.7. The topological polar surface area (TPSA) is 93.4 Å². The molecule has 1 amide bonds. The number of rotatable bonds is 11. The molecule has 46 heavy (non-hydrogen) atoms. The highest BCUT2D eigenvalue weighted by Crippen LogP contribution is 2.48. The summed E-state index contributed by atoms with van der Waals surface area (Å²) >= 11 is 8.02. The lowest BCUT2D eigenvalue weighted by molar-refractivity contribution is -0.139. The molecule has 0 aliphatic carbocycles. The summed E-state index contributed by atoms with van der Waals surface area (Å²) in [5.41, 5.74) is 6.55. The second kappa shape index (κ2) is 13.2. The van der Waals surface area contributed by atoms with E-state index in [1.807, 2.05) is 80.3 Å². The Morgan fingerprint density at radius 1 is 1.04 bits per heavy atom. The summed E-state index contributed by atoms with van der Waals surface area (Å²) in [5, 5.41) is 13.8. The average molecular weight is 654 g/mol. The first-order chi connectivity index (χ1) is 22.1. The number of aromatic nitrogens is 2. The van der Waals surface area contributed by atoms with Gasteiger partial charge in [0.05, 0.1) is 11.2 Å². The number of nitrogens with zero attached hydrogens (tertiary/aromatic N) is 2. The van der Waals surface area contributed by atoms with E-state index >= 15 is 0 Å². The zero-order valence-corrected chi connectivity index (χ0v) is 27.6. The highest BCUT2D eigenvalue weighted by atomic mass is 35.5. The SMILES string of the molecule is CC1Cc2c(OCc3ccc(-c4ccccc4)cn3)ccc3c2c(c(CC(C)(C)C(=O)NCC(=O)O)n3Cc2ccc(Cl)cc2)S1. The van der Waals surface area contributed by atoms with Crippen LogP contribution in [0.15, 0.2) is 90.0 Å². The molecule has 0 radical (unpaired) electrons. The minimum absolute atomic E-state index is 0.290. The number of aliphatic carboxylic acids is 1. The zero-order chi connectivity index (χ0) is 32.4. The third kappa shape index (κ3) is 6.78. The summed E-state index contributed by atoms with van der Waals surface area (Å²) in [4.78, 5) is 30.2. The second-order valence-corrected chi connectivity index (χ2v) is 14.3. The molecule has 0 saturated carbocycles. The molecule has 6 rings (SSSR count). The van der Waals surface area contributed by atoms with Crippen molar-refractivity contribution in [3.8, 4) is 16.9 Å². The normalized spacial score (nSPS) is 14.3. The average Bonchev–Trinajstić information content (AvgIpc) is 3.32. The number of pyridine rings is 1. The van der Waals surface area contributed by atoms with Crippen LogP contribution in [0.25, 0.3) is 22.0 Å². The Morgan fingerprint density at radius 3 is 2.50 bits per heavy atom. The molecule has 9 heteroatoms. The van der Waals surface area contributed by atoms with Gasteiger partial charge in [0.1, 0.15) is 18.9 Å². The quantitative estimate of drug-likeness (QED) is 0.151. The third-order valence-corrected chi connectivity index (χ3v) is 9.85. The van der Waals surface area contributed by atoms with Crippen molar-refractivity contribution in [3.05, 3.63) is 113 Å². The Morgan fingerprint density at radius 2 is 1.80 bits per heavy atom. The molecule has 5 aromatic rings. The van der Waals surface area contributed by atoms with Gasteiger partial charge in [0, 0.05) is 62.0 Å². The lowest BCUT2D eigenvalue weighted by atomic mass is 9.86. The van der Waals surface area contributed by atoms with Crippen LogP contribution >= 0.6 is 23.4 Å². The molecule has 0 spiro atoms. The van der Waals surface area contributed by atoms with E-state index < -0.39 is 17.9 Å². The van der Waals surface area contributed by atoms with Crippen LogP contribution in [0.5, 0.6) is 5.75 Å². The highest BCUT2D eigenvalue weighted by molar-refractivity contribution is 8.00. The number of thioether (sulfide) groups is 1. The molecule has 7 nitrogen and oxygen atoms in total. The molecule has 3 aromatic carbocycles. The fraction of sp³-hybridized carbons (Fsp3) is 0.270. The molecule has 0 bridgehead atoms. The van der Waals surface area contributed by atoms with Crippen molar-refractivity contribution in [2.24, 2.45) is 5.41 Å². The number of halogens is 1. The van der Waals surface area contributed by atoms with Crippen molar-refractivity contribution in [2.45, 2.75) is 56.9 Å². The van der Waals surface area contributed by atoms with Gasteiger partial charge in [-0.2, -0.15) is 0 Å². The summed E-state index contributed by atoms with van der Waals surface area (Å²) in [6, 6.07) is 26.2. The Bertz CT molecular complexity index is 1890. The second-order valence-electron chi connectivity index (χ2n) is 12.4. The van der Waals surface area contributed by atoms with Gasteiger partial charge in [0.25, 0.3) is 0 Å². The maximum atomic E-state index is 13.2. The fourth-order valence-corrected chi connectivity index (χ4v) is 7.43. The first-order valence-electron chi connectivity index (χ1n) is 15.3. The van der Waals surface area contributed by atoms with Crippen LogP contribution in [0.2, 0.25) is 5.02 Å². The van der Waals surface area contributed by atoms with E-state index in [0.717, 1.165) is 61.6 Å². The Labute approximate surface area is 278 Å². The van der Waals surface area contributed by atoms with Crippen LogP contribution in [-0.2, 0) is 35.6 Å². The predicted molar refractivity (Wildman–Crippen MR) is 184 cm³/mol. The van der Waals surface area contributed by atoms with E-state index in [1.54, 1.807) is 0 Å². The van der Waals surface area contributed by atoms with Crippen molar-refractivity contribution >= 4 is 46.1 Å². The van der Waals surface area contributed by atoms with Gasteiger partial charge in [0.15, 0.2) is 0 Å². The molecule has 236 valence electrons. The largest absolute Gasteiger partial charge is 0.487 e. The van der Waals surface area contributed by atoms with E-state index in [2.05, 4.69) is 52.1 Å². The zero-order valence-electron chi connectivity index (χ0n) is 26.0. The molecule has 1 atom stereocenters. The maximum absolute atomic E-state index is 13.2. The number of nitrogens with one attached hydrogen (secondary N) is 1. The minimum atomic E-state index is -1.07. The van der Waals surface area contributed by atoms with Crippen molar-refractivity contribution in [1.82, 2.24) is 14.9 Å². The van der Waals surface area contributed by atoms with Crippen LogP contribution in [-0.4, -0.2) is 38.3 Å². The van der Waals surface area contributed by atoms with E-state index in [-0.39, 0.29) is 11.2 Å². The lowest BCUT2D eigenvalue weighted by Crippen LogP contribution is -2.41. The maximum Gasteiger partial charge on any atom is 0.322 e. The summed E-state index contributed by atoms with van der Waals surface area (Å²) in [7, 11) is 0.